The maximum Gasteiger partial charge on any atom is 0.261 e. The maximum absolute atomic E-state index is 12.3. The average molecular weight is 349 g/mol. The lowest BCUT2D eigenvalue weighted by molar-refractivity contribution is -0.117. The van der Waals surface area contributed by atoms with Gasteiger partial charge in [-0.05, 0) is 49.6 Å². The number of anilines is 1. The predicted molar refractivity (Wildman–Crippen MR) is 93.0 cm³/mol. The number of thiophene rings is 1. The van der Waals surface area contributed by atoms with Gasteiger partial charge in [-0.1, -0.05) is 23.7 Å². The second-order valence-corrected chi connectivity index (χ2v) is 7.20. The molecular formula is C17H17ClN2O2S. The van der Waals surface area contributed by atoms with E-state index in [0.717, 1.165) is 18.4 Å². The van der Waals surface area contributed by atoms with Crippen LogP contribution in [0.5, 0.6) is 0 Å². The number of rotatable bonds is 5. The molecule has 6 heteroatoms. The molecule has 0 spiro atoms. The molecule has 0 bridgehead atoms. The van der Waals surface area contributed by atoms with E-state index in [2.05, 4.69) is 10.6 Å². The van der Waals surface area contributed by atoms with Crippen molar-refractivity contribution in [1.29, 1.82) is 0 Å². The van der Waals surface area contributed by atoms with Crippen LogP contribution in [0.2, 0.25) is 5.02 Å². The number of hydrogen-bond acceptors (Lipinski definition) is 3. The summed E-state index contributed by atoms with van der Waals surface area (Å²) in [5, 5.41) is 7.15. The molecule has 1 aliphatic carbocycles. The minimum absolute atomic E-state index is 0.0473. The SMILES string of the molecule is C[C@@H](NC(=O)c1ccc(NC(=O)C2CC2)s1)c1cccc(Cl)c1. The molecule has 1 aromatic heterocycles. The Morgan fingerprint density at radius 3 is 2.74 bits per heavy atom. The molecule has 3 rings (SSSR count). The fraction of sp³-hybridized carbons (Fsp3) is 0.294. The Bertz CT molecular complexity index is 740. The van der Waals surface area contributed by atoms with Crippen LogP contribution in [-0.4, -0.2) is 11.8 Å². The van der Waals surface area contributed by atoms with Gasteiger partial charge in [-0.15, -0.1) is 11.3 Å². The molecule has 1 atom stereocenters. The number of amides is 2. The van der Waals surface area contributed by atoms with Crippen molar-refractivity contribution in [3.8, 4) is 0 Å². The Hall–Kier alpha value is -1.85. The number of halogens is 1. The molecule has 0 saturated heterocycles. The topological polar surface area (TPSA) is 58.2 Å². The maximum atomic E-state index is 12.3. The molecule has 120 valence electrons. The van der Waals surface area contributed by atoms with Crippen LogP contribution >= 0.6 is 22.9 Å². The number of carbonyl (C=O) groups is 2. The molecule has 1 fully saturated rings. The molecule has 1 heterocycles. The highest BCUT2D eigenvalue weighted by molar-refractivity contribution is 7.18. The summed E-state index contributed by atoms with van der Waals surface area (Å²) >= 11 is 7.26. The fourth-order valence-corrected chi connectivity index (χ4v) is 3.23. The predicted octanol–water partition coefficient (Wildman–Crippen LogP) is 4.24. The van der Waals surface area contributed by atoms with Gasteiger partial charge in [0.1, 0.15) is 0 Å². The van der Waals surface area contributed by atoms with Crippen LogP contribution in [0.1, 0.15) is 41.0 Å². The van der Waals surface area contributed by atoms with Crippen LogP contribution in [0.25, 0.3) is 0 Å². The van der Waals surface area contributed by atoms with Gasteiger partial charge in [-0.2, -0.15) is 0 Å². The van der Waals surface area contributed by atoms with Crippen molar-refractivity contribution >= 4 is 39.8 Å². The van der Waals surface area contributed by atoms with Crippen molar-refractivity contribution in [3.05, 3.63) is 51.9 Å². The van der Waals surface area contributed by atoms with Crippen LogP contribution in [0.15, 0.2) is 36.4 Å². The lowest BCUT2D eigenvalue weighted by Crippen LogP contribution is -2.25. The highest BCUT2D eigenvalue weighted by Crippen LogP contribution is 2.31. The van der Waals surface area contributed by atoms with Gasteiger partial charge in [-0.25, -0.2) is 0 Å². The monoisotopic (exact) mass is 348 g/mol. The Labute approximate surface area is 143 Å². The van der Waals surface area contributed by atoms with Crippen molar-refractivity contribution in [2.45, 2.75) is 25.8 Å². The second-order valence-electron chi connectivity index (χ2n) is 5.68. The second kappa shape index (κ2) is 6.72. The van der Waals surface area contributed by atoms with Crippen LogP contribution in [0.4, 0.5) is 5.00 Å². The molecule has 1 saturated carbocycles. The summed E-state index contributed by atoms with van der Waals surface area (Å²) in [5.41, 5.74) is 0.949. The Morgan fingerprint density at radius 1 is 1.26 bits per heavy atom. The van der Waals surface area contributed by atoms with Gasteiger partial charge in [-0.3, -0.25) is 9.59 Å². The van der Waals surface area contributed by atoms with E-state index in [1.165, 1.54) is 11.3 Å². The summed E-state index contributed by atoms with van der Waals surface area (Å²) in [6.07, 6.45) is 1.92. The highest BCUT2D eigenvalue weighted by atomic mass is 35.5. The van der Waals surface area contributed by atoms with Gasteiger partial charge in [0.25, 0.3) is 5.91 Å². The van der Waals surface area contributed by atoms with Crippen molar-refractivity contribution in [2.75, 3.05) is 5.32 Å². The third kappa shape index (κ3) is 4.12. The van der Waals surface area contributed by atoms with E-state index >= 15 is 0 Å². The van der Waals surface area contributed by atoms with Gasteiger partial charge in [0.15, 0.2) is 0 Å². The highest BCUT2D eigenvalue weighted by Gasteiger charge is 2.29. The molecule has 4 nitrogen and oxygen atoms in total. The lowest BCUT2D eigenvalue weighted by atomic mass is 10.1. The Balaban J connectivity index is 1.61. The Morgan fingerprint density at radius 2 is 2.04 bits per heavy atom. The molecular weight excluding hydrogens is 332 g/mol. The van der Waals surface area contributed by atoms with E-state index in [9.17, 15) is 9.59 Å². The third-order valence-corrected chi connectivity index (χ3v) is 4.96. The van der Waals surface area contributed by atoms with Crippen LogP contribution in [0.3, 0.4) is 0 Å². The number of nitrogens with one attached hydrogen (secondary N) is 2. The first-order valence-electron chi connectivity index (χ1n) is 7.50. The van der Waals surface area contributed by atoms with Crippen LogP contribution in [-0.2, 0) is 4.79 Å². The largest absolute Gasteiger partial charge is 0.345 e. The Kier molecular flexibility index (Phi) is 4.68. The van der Waals surface area contributed by atoms with Crippen molar-refractivity contribution in [1.82, 2.24) is 5.32 Å². The zero-order valence-corrected chi connectivity index (χ0v) is 14.2. The fourth-order valence-electron chi connectivity index (χ4n) is 2.22. The van der Waals surface area contributed by atoms with Crippen molar-refractivity contribution < 1.29 is 9.59 Å². The van der Waals surface area contributed by atoms with Gasteiger partial charge in [0, 0.05) is 10.9 Å². The van der Waals surface area contributed by atoms with Crippen LogP contribution < -0.4 is 10.6 Å². The third-order valence-electron chi connectivity index (χ3n) is 3.72. The van der Waals surface area contributed by atoms with Gasteiger partial charge in [0.2, 0.25) is 5.91 Å². The molecule has 2 amide bonds. The summed E-state index contributed by atoms with van der Waals surface area (Å²) in [6.45, 7) is 1.91. The minimum atomic E-state index is -0.158. The van der Waals surface area contributed by atoms with Crippen molar-refractivity contribution in [3.63, 3.8) is 0 Å². The first kappa shape index (κ1) is 16.0. The number of hydrogen-bond donors (Lipinski definition) is 2. The molecule has 1 aromatic carbocycles. The molecule has 2 aromatic rings. The van der Waals surface area contributed by atoms with E-state index in [1.54, 1.807) is 18.2 Å². The van der Waals surface area contributed by atoms with Crippen molar-refractivity contribution in [2.24, 2.45) is 5.92 Å². The molecule has 0 unspecified atom stereocenters. The molecule has 23 heavy (non-hydrogen) atoms. The number of carbonyl (C=O) groups excluding carboxylic acids is 2. The first-order valence-corrected chi connectivity index (χ1v) is 8.69. The van der Waals surface area contributed by atoms with E-state index in [1.807, 2.05) is 25.1 Å². The van der Waals surface area contributed by atoms with E-state index in [0.29, 0.717) is 14.9 Å². The van der Waals surface area contributed by atoms with E-state index in [-0.39, 0.29) is 23.8 Å². The van der Waals surface area contributed by atoms with E-state index < -0.39 is 0 Å². The standard InChI is InChI=1S/C17H17ClN2O2S/c1-10(12-3-2-4-13(18)9-12)19-17(22)14-7-8-15(23-14)20-16(21)11-5-6-11/h2-4,7-11H,5-6H2,1H3,(H,19,22)(H,20,21)/t10-/m1/s1. The minimum Gasteiger partial charge on any atom is -0.345 e. The lowest BCUT2D eigenvalue weighted by Gasteiger charge is -2.13. The average Bonchev–Trinajstić information content (AvgIpc) is 3.27. The summed E-state index contributed by atoms with van der Waals surface area (Å²) in [6, 6.07) is 10.8. The molecule has 0 aliphatic heterocycles. The summed E-state index contributed by atoms with van der Waals surface area (Å²) in [4.78, 5) is 24.6. The molecule has 1 aliphatic rings. The first-order chi connectivity index (χ1) is 11.0. The normalized spacial score (nSPS) is 15.0. The quantitative estimate of drug-likeness (QED) is 0.849. The summed E-state index contributed by atoms with van der Waals surface area (Å²) < 4.78 is 0. The zero-order chi connectivity index (χ0) is 16.4. The van der Waals surface area contributed by atoms with Gasteiger partial charge < -0.3 is 10.6 Å². The molecule has 0 radical (unpaired) electrons. The summed E-state index contributed by atoms with van der Waals surface area (Å²) in [5.74, 6) is 0.0396. The molecule has 2 N–H and O–H groups in total. The summed E-state index contributed by atoms with van der Waals surface area (Å²) in [7, 11) is 0. The van der Waals surface area contributed by atoms with E-state index in [4.69, 9.17) is 11.6 Å². The van der Waals surface area contributed by atoms with Gasteiger partial charge in [0.05, 0.1) is 15.9 Å². The smallest absolute Gasteiger partial charge is 0.261 e. The van der Waals surface area contributed by atoms with Gasteiger partial charge >= 0.3 is 0 Å². The number of benzene rings is 1. The van der Waals surface area contributed by atoms with Crippen LogP contribution in [0, 0.1) is 5.92 Å². The zero-order valence-electron chi connectivity index (χ0n) is 12.6.